The summed E-state index contributed by atoms with van der Waals surface area (Å²) in [6.45, 7) is 4.26. The highest BCUT2D eigenvalue weighted by Crippen LogP contribution is 2.77. The molecular weight excluding hydrogens is 470 g/mol. The van der Waals surface area contributed by atoms with Crippen molar-refractivity contribution in [3.8, 4) is 0 Å². The zero-order valence-corrected chi connectivity index (χ0v) is 22.2. The lowest BCUT2D eigenvalue weighted by Gasteiger charge is -2.67. The molecule has 1 aromatic rings. The van der Waals surface area contributed by atoms with Gasteiger partial charge in [-0.25, -0.2) is 0 Å². The number of esters is 1. The fourth-order valence-electron chi connectivity index (χ4n) is 11.0. The van der Waals surface area contributed by atoms with Gasteiger partial charge in [0.25, 0.3) is 0 Å². The van der Waals surface area contributed by atoms with E-state index < -0.39 is 23.4 Å². The van der Waals surface area contributed by atoms with E-state index in [0.29, 0.717) is 24.7 Å². The van der Waals surface area contributed by atoms with Crippen LogP contribution in [0.5, 0.6) is 0 Å². The summed E-state index contributed by atoms with van der Waals surface area (Å²) in [6.07, 6.45) is 2.87. The van der Waals surface area contributed by atoms with E-state index in [2.05, 4.69) is 11.8 Å². The highest BCUT2D eigenvalue weighted by molar-refractivity contribution is 5.73. The fraction of sp³-hybridized carbons (Fsp3) is 0.767. The number of nitrogens with zero attached hydrogens (tertiary/aromatic N) is 1. The Morgan fingerprint density at radius 1 is 1.00 bits per heavy atom. The highest BCUT2D eigenvalue weighted by Gasteiger charge is 2.84. The normalized spacial score (nSPS) is 51.2. The molecule has 202 valence electrons. The largest absolute Gasteiger partial charge is 0.459 e. The third-order valence-corrected chi connectivity index (χ3v) is 12.0. The predicted octanol–water partition coefficient (Wildman–Crippen LogP) is 2.42. The van der Waals surface area contributed by atoms with Gasteiger partial charge < -0.3 is 24.4 Å². The Kier molecular flexibility index (Phi) is 5.47. The van der Waals surface area contributed by atoms with Crippen molar-refractivity contribution in [2.24, 2.45) is 35.0 Å². The molecule has 12 atom stereocenters. The van der Waals surface area contributed by atoms with Crippen molar-refractivity contribution in [2.45, 2.75) is 81.0 Å². The summed E-state index contributed by atoms with van der Waals surface area (Å²) < 4.78 is 18.5. The van der Waals surface area contributed by atoms with Crippen LogP contribution < -0.4 is 0 Å². The van der Waals surface area contributed by atoms with Crippen LogP contribution in [-0.4, -0.2) is 83.9 Å². The third kappa shape index (κ3) is 2.93. The molecule has 1 spiro atoms. The standard InChI is InChI=1S/C30H41NO6/c1-4-31-16-18-10-11-22(35-2)30-19(18)13-20(26(30)31)28(33)15-23(36-3)29(34)14-21(30)25(28)27(29)37-24(32)12-17-8-6-5-7-9-17/h5-9,18-23,25-27,33-34H,4,10-16H2,1-3H3/t18-,19+,20+,21+,22-,23-,25+,26?,27+,28-,29-,30-/m0/s1. The molecule has 1 aromatic carbocycles. The van der Waals surface area contributed by atoms with E-state index in [1.165, 1.54) is 0 Å². The molecule has 1 heterocycles. The minimum absolute atomic E-state index is 0.00743. The number of carbonyl (C=O) groups is 1. The molecule has 1 unspecified atom stereocenters. The molecule has 7 rings (SSSR count). The maximum atomic E-state index is 13.3. The number of piperidine rings is 1. The summed E-state index contributed by atoms with van der Waals surface area (Å²) in [6, 6.07) is 9.79. The molecule has 7 heteroatoms. The molecule has 0 radical (unpaired) electrons. The van der Waals surface area contributed by atoms with Gasteiger partial charge in [0.2, 0.25) is 0 Å². The van der Waals surface area contributed by atoms with Gasteiger partial charge in [0.15, 0.2) is 0 Å². The van der Waals surface area contributed by atoms with E-state index in [-0.39, 0.29) is 47.7 Å². The van der Waals surface area contributed by atoms with Crippen molar-refractivity contribution in [3.63, 3.8) is 0 Å². The van der Waals surface area contributed by atoms with Crippen molar-refractivity contribution in [2.75, 3.05) is 27.3 Å². The Labute approximate surface area is 219 Å². The second-order valence-electron chi connectivity index (χ2n) is 12.9. The first-order chi connectivity index (χ1) is 17.8. The minimum Gasteiger partial charge on any atom is -0.459 e. The Balaban J connectivity index is 1.33. The smallest absolute Gasteiger partial charge is 0.310 e. The lowest BCUT2D eigenvalue weighted by Crippen LogP contribution is -2.75. The Morgan fingerprint density at radius 3 is 2.46 bits per heavy atom. The zero-order chi connectivity index (χ0) is 25.7. The number of hydrogen-bond acceptors (Lipinski definition) is 7. The molecule has 7 bridgehead atoms. The number of rotatable bonds is 6. The van der Waals surface area contributed by atoms with Gasteiger partial charge in [0.05, 0.1) is 24.2 Å². The number of benzene rings is 1. The average molecular weight is 512 g/mol. The zero-order valence-electron chi connectivity index (χ0n) is 22.2. The van der Waals surface area contributed by atoms with Gasteiger partial charge in [0, 0.05) is 50.5 Å². The van der Waals surface area contributed by atoms with Crippen LogP contribution in [0.1, 0.15) is 44.6 Å². The number of ether oxygens (including phenoxy) is 3. The first kappa shape index (κ1) is 24.5. The van der Waals surface area contributed by atoms with Crippen LogP contribution in [0.3, 0.4) is 0 Å². The number of carbonyl (C=O) groups excluding carboxylic acids is 1. The average Bonchev–Trinajstić information content (AvgIpc) is 3.27. The molecule has 5 saturated carbocycles. The van der Waals surface area contributed by atoms with Gasteiger partial charge in [-0.05, 0) is 55.5 Å². The molecule has 37 heavy (non-hydrogen) atoms. The van der Waals surface area contributed by atoms with Crippen LogP contribution in [0.4, 0.5) is 0 Å². The summed E-state index contributed by atoms with van der Waals surface area (Å²) in [5, 5.41) is 25.1. The molecule has 6 fully saturated rings. The Morgan fingerprint density at radius 2 is 1.76 bits per heavy atom. The predicted molar refractivity (Wildman–Crippen MR) is 136 cm³/mol. The van der Waals surface area contributed by atoms with Crippen molar-refractivity contribution < 1.29 is 29.2 Å². The van der Waals surface area contributed by atoms with Gasteiger partial charge >= 0.3 is 5.97 Å². The minimum atomic E-state index is -1.32. The lowest BCUT2D eigenvalue weighted by atomic mass is 9.46. The molecule has 1 saturated heterocycles. The van der Waals surface area contributed by atoms with Crippen molar-refractivity contribution in [3.05, 3.63) is 35.9 Å². The highest BCUT2D eigenvalue weighted by atomic mass is 16.6. The second-order valence-corrected chi connectivity index (χ2v) is 12.9. The molecular formula is C30H41NO6. The van der Waals surface area contributed by atoms with Crippen LogP contribution in [0.2, 0.25) is 0 Å². The van der Waals surface area contributed by atoms with E-state index >= 15 is 0 Å². The van der Waals surface area contributed by atoms with E-state index in [4.69, 9.17) is 14.2 Å². The van der Waals surface area contributed by atoms with E-state index in [9.17, 15) is 15.0 Å². The van der Waals surface area contributed by atoms with E-state index in [1.807, 2.05) is 37.4 Å². The number of fused-ring (bicyclic) bond motifs is 2. The maximum absolute atomic E-state index is 13.3. The Bertz CT molecular complexity index is 1070. The summed E-state index contributed by atoms with van der Waals surface area (Å²) in [7, 11) is 3.45. The van der Waals surface area contributed by atoms with Crippen LogP contribution in [-0.2, 0) is 25.4 Å². The summed E-state index contributed by atoms with van der Waals surface area (Å²) in [5.74, 6) is 0.435. The van der Waals surface area contributed by atoms with Crippen LogP contribution in [0.25, 0.3) is 0 Å². The second kappa shape index (κ2) is 8.25. The molecule has 5 aliphatic carbocycles. The monoisotopic (exact) mass is 511 g/mol. The van der Waals surface area contributed by atoms with Gasteiger partial charge in [0.1, 0.15) is 11.7 Å². The van der Waals surface area contributed by atoms with Crippen molar-refractivity contribution in [1.82, 2.24) is 4.90 Å². The Hall–Kier alpha value is -1.51. The number of hydrogen-bond donors (Lipinski definition) is 2. The van der Waals surface area contributed by atoms with Gasteiger partial charge in [-0.1, -0.05) is 37.3 Å². The van der Waals surface area contributed by atoms with Crippen LogP contribution in [0.15, 0.2) is 30.3 Å². The van der Waals surface area contributed by atoms with Crippen molar-refractivity contribution >= 4 is 5.97 Å². The van der Waals surface area contributed by atoms with Gasteiger partial charge in [-0.2, -0.15) is 0 Å². The summed E-state index contributed by atoms with van der Waals surface area (Å²) in [4.78, 5) is 15.9. The first-order valence-electron chi connectivity index (χ1n) is 14.3. The lowest BCUT2D eigenvalue weighted by molar-refractivity contribution is -0.275. The van der Waals surface area contributed by atoms with E-state index in [0.717, 1.165) is 37.9 Å². The summed E-state index contributed by atoms with van der Waals surface area (Å²) in [5.41, 5.74) is -1.64. The number of methoxy groups -OCH3 is 2. The molecule has 6 aliphatic rings. The van der Waals surface area contributed by atoms with Crippen LogP contribution in [0, 0.1) is 35.0 Å². The maximum Gasteiger partial charge on any atom is 0.310 e. The SMILES string of the molecule is CCN1C[C@@H]2CC[C@H](OC)[C@]34C1[C@@H](C[C@H]23)[C@@]1(O)C[C@H](OC)[C@@]2(O)C[C@@H]4[C@@H]1[C@H]2OC(=O)Cc1ccccc1. The van der Waals surface area contributed by atoms with Crippen molar-refractivity contribution in [1.29, 1.82) is 0 Å². The molecule has 0 aromatic heterocycles. The topological polar surface area (TPSA) is 88.5 Å². The van der Waals surface area contributed by atoms with Gasteiger partial charge in [-0.3, -0.25) is 9.69 Å². The van der Waals surface area contributed by atoms with Crippen LogP contribution >= 0.6 is 0 Å². The number of aliphatic hydroxyl groups is 2. The quantitative estimate of drug-likeness (QED) is 0.567. The molecule has 1 aliphatic heterocycles. The third-order valence-electron chi connectivity index (χ3n) is 12.0. The molecule has 0 amide bonds. The molecule has 2 N–H and O–H groups in total. The number of likely N-dealkylation sites (tertiary alicyclic amines) is 1. The van der Waals surface area contributed by atoms with E-state index in [1.54, 1.807) is 7.11 Å². The van der Waals surface area contributed by atoms with Gasteiger partial charge in [-0.15, -0.1) is 0 Å². The fourth-order valence-corrected chi connectivity index (χ4v) is 11.0. The summed E-state index contributed by atoms with van der Waals surface area (Å²) >= 11 is 0. The molecule has 7 nitrogen and oxygen atoms in total. The first-order valence-corrected chi connectivity index (χ1v) is 14.3.